The number of benzene rings is 5. The number of rotatable bonds is 17. The van der Waals surface area contributed by atoms with E-state index in [1.807, 2.05) is 0 Å². The minimum atomic E-state index is -5.57. The molecule has 22 heteroatoms. The fraction of sp³-hybridized carbons (Fsp3) is 0.179. The fourth-order valence-electron chi connectivity index (χ4n) is 4.96. The van der Waals surface area contributed by atoms with Gasteiger partial charge in [-0.3, -0.25) is 9.08 Å². The van der Waals surface area contributed by atoms with Crippen LogP contribution in [0.4, 0.5) is 26.3 Å². The minimum absolute atomic E-state index is 0.00354. The van der Waals surface area contributed by atoms with E-state index in [2.05, 4.69) is 9.44 Å². The van der Waals surface area contributed by atoms with Gasteiger partial charge in [-0.05, 0) is 98.8 Å². The van der Waals surface area contributed by atoms with Crippen molar-refractivity contribution in [3.8, 4) is 23.0 Å². The lowest BCUT2D eigenvalue weighted by Gasteiger charge is -2.14. The first-order valence-electron chi connectivity index (χ1n) is 17.3. The van der Waals surface area contributed by atoms with E-state index < -0.39 is 86.6 Å². The van der Waals surface area contributed by atoms with Crippen molar-refractivity contribution in [2.24, 2.45) is 5.16 Å². The lowest BCUT2D eigenvalue weighted by Crippen LogP contribution is -2.25. The zero-order valence-corrected chi connectivity index (χ0v) is 33.9. The van der Waals surface area contributed by atoms with Crippen LogP contribution >= 0.6 is 0 Å². The van der Waals surface area contributed by atoms with E-state index in [1.165, 1.54) is 48.5 Å². The van der Waals surface area contributed by atoms with Gasteiger partial charge in [0.05, 0.1) is 13.2 Å². The summed E-state index contributed by atoms with van der Waals surface area (Å²) in [4.78, 5) is 9.26. The molecule has 0 aliphatic rings. The monoisotopic (exact) mass is 915 g/mol. The Morgan fingerprint density at radius 2 is 0.984 bits per heavy atom. The number of carbonyl (C=O) groups excluding carboxylic acids is 1. The number of aryl methyl sites for hydroxylation is 2. The first-order chi connectivity index (χ1) is 28.4. The van der Waals surface area contributed by atoms with Crippen molar-refractivity contribution < 1.29 is 78.5 Å². The van der Waals surface area contributed by atoms with Crippen molar-refractivity contribution in [2.45, 2.75) is 47.3 Å². The molecule has 61 heavy (non-hydrogen) atoms. The number of alkyl halides is 6. The van der Waals surface area contributed by atoms with Crippen molar-refractivity contribution in [3.63, 3.8) is 0 Å². The quantitative estimate of drug-likeness (QED) is 0.0219. The molecule has 0 aromatic heterocycles. The molecular weight excluding hydrogens is 885 g/mol. The van der Waals surface area contributed by atoms with E-state index in [0.717, 1.165) is 54.6 Å². The highest BCUT2D eigenvalue weighted by Crippen LogP contribution is 2.34. The Labute approximate surface area is 345 Å². The molecule has 0 aliphatic heterocycles. The number of ketones is 1. The molecule has 0 heterocycles. The molecule has 5 aromatic carbocycles. The molecule has 5 aromatic rings. The van der Waals surface area contributed by atoms with Gasteiger partial charge in [0, 0.05) is 23.6 Å². The number of halogens is 6. The molecule has 0 saturated heterocycles. The molecular formula is C39H31F6NO12S3. The Hall–Kier alpha value is -6.13. The second kappa shape index (κ2) is 18.2. The van der Waals surface area contributed by atoms with Crippen LogP contribution in [-0.4, -0.2) is 62.3 Å². The molecule has 0 amide bonds. The molecule has 0 unspecified atom stereocenters. The second-order valence-electron chi connectivity index (χ2n) is 12.7. The van der Waals surface area contributed by atoms with E-state index >= 15 is 0 Å². The Morgan fingerprint density at radius 3 is 1.44 bits per heavy atom. The third kappa shape index (κ3) is 12.2. The van der Waals surface area contributed by atoms with Crippen LogP contribution in [0.5, 0.6) is 23.0 Å². The number of hydrogen-bond donors (Lipinski definition) is 0. The molecule has 5 rings (SSSR count). The van der Waals surface area contributed by atoms with E-state index in [4.69, 9.17) is 17.8 Å². The van der Waals surface area contributed by atoms with Gasteiger partial charge in [0.25, 0.3) is 5.78 Å². The third-order valence-electron chi connectivity index (χ3n) is 8.03. The fourth-order valence-corrected chi connectivity index (χ4v) is 7.76. The molecule has 0 N–H and O–H groups in total. The minimum Gasteiger partial charge on any atom is -0.493 e. The van der Waals surface area contributed by atoms with Crippen molar-refractivity contribution in [1.29, 1.82) is 0 Å². The maximum atomic E-state index is 14.3. The molecule has 0 atom stereocenters. The average molecular weight is 916 g/mol. The van der Waals surface area contributed by atoms with Gasteiger partial charge in [-0.15, -0.1) is 0 Å². The number of ether oxygens (including phenoxy) is 2. The molecule has 0 bridgehead atoms. The smallest absolute Gasteiger partial charge is 0.454 e. The van der Waals surface area contributed by atoms with E-state index in [0.29, 0.717) is 23.3 Å². The predicted molar refractivity (Wildman–Crippen MR) is 204 cm³/mol. The first kappa shape index (κ1) is 45.9. The summed E-state index contributed by atoms with van der Waals surface area (Å²) in [6, 6.07) is 20.6. The summed E-state index contributed by atoms with van der Waals surface area (Å²) >= 11 is 0. The molecule has 324 valence electrons. The Bertz CT molecular complexity index is 2720. The van der Waals surface area contributed by atoms with Crippen LogP contribution in [0.3, 0.4) is 0 Å². The van der Waals surface area contributed by atoms with Crippen molar-refractivity contribution in [1.82, 2.24) is 0 Å². The molecule has 0 radical (unpaired) electrons. The van der Waals surface area contributed by atoms with Gasteiger partial charge >= 0.3 is 42.7 Å². The number of carbonyl (C=O) groups is 1. The van der Waals surface area contributed by atoms with Crippen molar-refractivity contribution in [3.05, 3.63) is 138 Å². The standard InChI is InChI=1S/C39H31F6NO12S3/c1-25-4-17-32(18-5-25)59(48,49)56-31-16-21-34(57-60(50,51)33-19-6-26(2)7-20-33)35(24-31)61(52,53)58-46-36(38(40,41)42)27-8-12-29(13-9-27)54-22-3-23-55-30-14-10-28(11-15-30)37(47)39(43,44)45/h4-21,24H,3,22-23H2,1-2H3. The maximum Gasteiger partial charge on any atom is 0.454 e. The van der Waals surface area contributed by atoms with Crippen molar-refractivity contribution >= 4 is 41.8 Å². The molecule has 0 fully saturated rings. The topological polar surface area (TPSA) is 178 Å². The van der Waals surface area contributed by atoms with Gasteiger partial charge in [0.15, 0.2) is 16.4 Å². The largest absolute Gasteiger partial charge is 0.493 e. The summed E-state index contributed by atoms with van der Waals surface area (Å²) in [6.45, 7) is 3.31. The maximum absolute atomic E-state index is 14.3. The zero-order valence-electron chi connectivity index (χ0n) is 31.4. The van der Waals surface area contributed by atoms with Crippen LogP contribution in [0.1, 0.15) is 33.5 Å². The Kier molecular flexibility index (Phi) is 13.7. The molecule has 13 nitrogen and oxygen atoms in total. The molecule has 0 aliphatic carbocycles. The lowest BCUT2D eigenvalue weighted by molar-refractivity contribution is -0.0885. The highest BCUT2D eigenvalue weighted by Gasteiger charge is 2.40. The van der Waals surface area contributed by atoms with Crippen LogP contribution in [0.25, 0.3) is 0 Å². The Balaban J connectivity index is 1.33. The number of nitrogens with zero attached hydrogens (tertiary/aromatic N) is 1. The van der Waals surface area contributed by atoms with Crippen LogP contribution in [-0.2, 0) is 34.6 Å². The van der Waals surface area contributed by atoms with Gasteiger partial charge in [-0.1, -0.05) is 40.5 Å². The van der Waals surface area contributed by atoms with Gasteiger partial charge < -0.3 is 17.8 Å². The van der Waals surface area contributed by atoms with Crippen LogP contribution < -0.4 is 17.8 Å². The SMILES string of the molecule is Cc1ccc(S(=O)(=O)Oc2ccc(OS(=O)(=O)c3ccc(C)cc3)c(S(=O)(=O)ON=C(c3ccc(OCCCOc4ccc(C(=O)C(F)(F)F)cc4)cc3)C(F)(F)F)c2)cc1. The molecule has 0 spiro atoms. The lowest BCUT2D eigenvalue weighted by atomic mass is 10.1. The number of hydrogen-bond acceptors (Lipinski definition) is 13. The van der Waals surface area contributed by atoms with Crippen molar-refractivity contribution in [2.75, 3.05) is 13.2 Å². The number of Topliss-reactive ketones (excluding diaryl/α,β-unsaturated/α-hetero) is 1. The zero-order chi connectivity index (χ0) is 44.8. The summed E-state index contributed by atoms with van der Waals surface area (Å²) < 4.78 is 185. The van der Waals surface area contributed by atoms with E-state index in [9.17, 15) is 56.4 Å². The van der Waals surface area contributed by atoms with Gasteiger partial charge in [0.1, 0.15) is 27.0 Å². The summed E-state index contributed by atoms with van der Waals surface area (Å²) in [7, 11) is -15.0. The summed E-state index contributed by atoms with van der Waals surface area (Å²) in [5, 5.41) is 2.86. The van der Waals surface area contributed by atoms with Gasteiger partial charge in [-0.25, -0.2) is 0 Å². The summed E-state index contributed by atoms with van der Waals surface area (Å²) in [5.74, 6) is -3.52. The highest BCUT2D eigenvalue weighted by molar-refractivity contribution is 7.88. The van der Waals surface area contributed by atoms with E-state index in [1.54, 1.807) is 13.8 Å². The normalized spacial score (nSPS) is 12.7. The first-order valence-corrected chi connectivity index (χ1v) is 21.5. The third-order valence-corrected chi connectivity index (χ3v) is 11.7. The average Bonchev–Trinajstić information content (AvgIpc) is 3.18. The number of oxime groups is 1. The summed E-state index contributed by atoms with van der Waals surface area (Å²) in [6.07, 6.45) is -10.2. The van der Waals surface area contributed by atoms with Gasteiger partial charge in [0.2, 0.25) is 0 Å². The van der Waals surface area contributed by atoms with Crippen LogP contribution in [0.2, 0.25) is 0 Å². The second-order valence-corrected chi connectivity index (χ2v) is 17.3. The van der Waals surface area contributed by atoms with Crippen LogP contribution in [0, 0.1) is 13.8 Å². The Morgan fingerprint density at radius 1 is 0.541 bits per heavy atom. The van der Waals surface area contributed by atoms with Gasteiger partial charge in [-0.2, -0.15) is 51.6 Å². The highest BCUT2D eigenvalue weighted by atomic mass is 32.2. The van der Waals surface area contributed by atoms with Crippen LogP contribution in [0.15, 0.2) is 135 Å². The van der Waals surface area contributed by atoms with E-state index in [-0.39, 0.29) is 36.0 Å². The summed E-state index contributed by atoms with van der Waals surface area (Å²) in [5.41, 5.74) is -1.78. The predicted octanol–water partition coefficient (Wildman–Crippen LogP) is 8.10. The molecule has 0 saturated carbocycles.